The van der Waals surface area contributed by atoms with Crippen LogP contribution < -0.4 is 16.0 Å². The summed E-state index contributed by atoms with van der Waals surface area (Å²) in [6.45, 7) is 15.3. The molecular weight excluding hydrogens is 915 g/mol. The number of aliphatic hydroxyl groups is 1. The first-order chi connectivity index (χ1) is 33.1. The van der Waals surface area contributed by atoms with Gasteiger partial charge in [-0.2, -0.15) is 0 Å². The van der Waals surface area contributed by atoms with Gasteiger partial charge in [0.15, 0.2) is 0 Å². The number of aliphatic hydroxyl groups excluding tert-OH is 1. The molecule has 1 aromatic rings. The molecule has 2 aliphatic rings. The van der Waals surface area contributed by atoms with Gasteiger partial charge in [-0.15, -0.1) is 0 Å². The van der Waals surface area contributed by atoms with Gasteiger partial charge in [-0.05, 0) is 84.1 Å². The Labute approximate surface area is 420 Å². The summed E-state index contributed by atoms with van der Waals surface area (Å²) in [5.41, 5.74) is -0.0813. The molecule has 2 saturated heterocycles. The molecule has 8 atom stereocenters. The molecule has 2 heterocycles. The zero-order chi connectivity index (χ0) is 53.7. The number of likely N-dealkylation sites (tertiary alicyclic amines) is 1. The molecule has 398 valence electrons. The normalized spacial score (nSPS) is 25.8. The van der Waals surface area contributed by atoms with E-state index in [1.54, 1.807) is 56.0 Å². The minimum Gasteiger partial charge on any atom is -0.391 e. The fourth-order valence-corrected chi connectivity index (χ4v) is 8.66. The number of likely N-dealkylation sites (N-methyl/N-ethyl adjacent to an activating group) is 5. The predicted octanol–water partition coefficient (Wildman–Crippen LogP) is 1.17. The maximum absolute atomic E-state index is 14.9. The summed E-state index contributed by atoms with van der Waals surface area (Å²) in [5.74, 6) is -6.60. The average Bonchev–Trinajstić information content (AvgIpc) is 3.31. The summed E-state index contributed by atoms with van der Waals surface area (Å²) in [7, 11) is 6.95. The average molecular weight is 998 g/mol. The molecule has 3 rings (SSSR count). The van der Waals surface area contributed by atoms with E-state index in [4.69, 9.17) is 4.74 Å². The standard InChI is InChI=1S/C51H83N9O11/c1-31(2)25-38-44(64)53-36(48(68)60-23-19-16-20-24-60)28-42(63)56(11)33(5)46(66)59(14)40(27-35-21-17-15-18-22-35)49(69)58(13)39(26-32(3)4)45(65)54-43(34(6)61)50(70)55(10)29-41(62)52-37(47(67)57(38)12)30-71-51(7,8)9/h15,17-18,21-22,31-34,36-40,43,61H,16,19-20,23-30H2,1-14H3,(H,52,62)(H,53,64)(H,54,65)/t33-,34+,36-,37?,38-,39-,40-,43-/m0/s1. The van der Waals surface area contributed by atoms with Crippen LogP contribution in [0.15, 0.2) is 30.3 Å². The van der Waals surface area contributed by atoms with E-state index < -0.39 is 120 Å². The zero-order valence-corrected chi connectivity index (χ0v) is 44.7. The van der Waals surface area contributed by atoms with Crippen LogP contribution in [-0.4, -0.2) is 203 Å². The first kappa shape index (κ1) is 59.7. The summed E-state index contributed by atoms with van der Waals surface area (Å²) in [6, 6.07) is -0.224. The fourth-order valence-electron chi connectivity index (χ4n) is 8.66. The van der Waals surface area contributed by atoms with E-state index in [0.29, 0.717) is 18.7 Å². The van der Waals surface area contributed by atoms with Crippen LogP contribution in [0.2, 0.25) is 0 Å². The van der Waals surface area contributed by atoms with Crippen LogP contribution in [0.25, 0.3) is 0 Å². The molecule has 0 spiro atoms. The van der Waals surface area contributed by atoms with Gasteiger partial charge in [0.1, 0.15) is 42.3 Å². The van der Waals surface area contributed by atoms with Crippen molar-refractivity contribution in [3.63, 3.8) is 0 Å². The van der Waals surface area contributed by atoms with Crippen LogP contribution in [-0.2, 0) is 54.3 Å². The van der Waals surface area contributed by atoms with Crippen molar-refractivity contribution in [1.82, 2.24) is 45.3 Å². The number of carbonyl (C=O) groups excluding carboxylic acids is 9. The van der Waals surface area contributed by atoms with Crippen molar-refractivity contribution in [2.75, 3.05) is 61.5 Å². The number of rotatable bonds is 10. The second-order valence-electron chi connectivity index (χ2n) is 21.1. The third kappa shape index (κ3) is 17.3. The largest absolute Gasteiger partial charge is 0.391 e. The van der Waals surface area contributed by atoms with Crippen molar-refractivity contribution in [2.45, 2.75) is 161 Å². The van der Waals surface area contributed by atoms with Gasteiger partial charge in [-0.3, -0.25) is 43.2 Å². The molecule has 9 amide bonds. The maximum Gasteiger partial charge on any atom is 0.248 e. The third-order valence-corrected chi connectivity index (χ3v) is 13.1. The summed E-state index contributed by atoms with van der Waals surface area (Å²) in [6.07, 6.45) is 0.586. The van der Waals surface area contributed by atoms with E-state index in [2.05, 4.69) is 16.0 Å². The van der Waals surface area contributed by atoms with E-state index in [0.717, 1.165) is 24.2 Å². The Balaban J connectivity index is 2.25. The van der Waals surface area contributed by atoms with E-state index in [1.807, 2.05) is 27.7 Å². The Morgan fingerprint density at radius 2 is 1.21 bits per heavy atom. The van der Waals surface area contributed by atoms with E-state index in [-0.39, 0.29) is 37.7 Å². The van der Waals surface area contributed by atoms with Gasteiger partial charge in [0.2, 0.25) is 53.2 Å². The second kappa shape index (κ2) is 26.7. The second-order valence-corrected chi connectivity index (χ2v) is 21.1. The Hall–Kier alpha value is -5.63. The number of nitrogens with one attached hydrogen (secondary N) is 3. The number of ether oxygens (including phenoxy) is 1. The molecule has 71 heavy (non-hydrogen) atoms. The Bertz CT molecular complexity index is 2020. The van der Waals surface area contributed by atoms with Gasteiger partial charge < -0.3 is 55.2 Å². The molecule has 0 aliphatic carbocycles. The van der Waals surface area contributed by atoms with Crippen molar-refractivity contribution in [1.29, 1.82) is 0 Å². The molecule has 0 aromatic heterocycles. The zero-order valence-electron chi connectivity index (χ0n) is 44.7. The highest BCUT2D eigenvalue weighted by atomic mass is 16.5. The monoisotopic (exact) mass is 998 g/mol. The number of hydrogen-bond acceptors (Lipinski definition) is 11. The molecule has 0 bridgehead atoms. The van der Waals surface area contributed by atoms with Crippen LogP contribution in [0.4, 0.5) is 0 Å². The maximum atomic E-state index is 14.9. The van der Waals surface area contributed by atoms with Gasteiger partial charge >= 0.3 is 0 Å². The highest BCUT2D eigenvalue weighted by molar-refractivity contribution is 5.99. The summed E-state index contributed by atoms with van der Waals surface area (Å²) < 4.78 is 5.98. The van der Waals surface area contributed by atoms with Crippen molar-refractivity contribution in [2.24, 2.45) is 11.8 Å². The quantitative estimate of drug-likeness (QED) is 0.260. The number of amides is 9. The Morgan fingerprint density at radius 1 is 0.690 bits per heavy atom. The van der Waals surface area contributed by atoms with Crippen LogP contribution in [0, 0.1) is 11.8 Å². The molecule has 2 fully saturated rings. The number of piperidine rings is 1. The summed E-state index contributed by atoms with van der Waals surface area (Å²) in [5, 5.41) is 19.0. The SMILES string of the molecule is CC(C)C[C@H]1C(=O)N[C@H](C(=O)N2CCCCC2)CC(=O)N(C)[C@@H](C)C(=O)N(C)[C@@H](Cc2ccccc2)C(=O)N(C)[C@@H](CC(C)C)C(=O)N[C@@H]([C@@H](C)O)C(=O)N(C)CC(=O)NC(COC(C)(C)C)C(=O)N1C. The Morgan fingerprint density at radius 3 is 1.73 bits per heavy atom. The van der Waals surface area contributed by atoms with Crippen molar-refractivity contribution < 1.29 is 53.0 Å². The summed E-state index contributed by atoms with van der Waals surface area (Å²) >= 11 is 0. The molecule has 0 saturated carbocycles. The Kier molecular flexibility index (Phi) is 22.5. The minimum absolute atomic E-state index is 0.0183. The molecule has 20 nitrogen and oxygen atoms in total. The molecule has 0 radical (unpaired) electrons. The lowest BCUT2D eigenvalue weighted by molar-refractivity contribution is -0.152. The van der Waals surface area contributed by atoms with Crippen molar-refractivity contribution >= 4 is 53.2 Å². The van der Waals surface area contributed by atoms with Crippen molar-refractivity contribution in [3.05, 3.63) is 35.9 Å². The van der Waals surface area contributed by atoms with Crippen LogP contribution in [0.3, 0.4) is 0 Å². The van der Waals surface area contributed by atoms with Gasteiger partial charge in [-0.25, -0.2) is 0 Å². The minimum atomic E-state index is -1.58. The number of hydrogen-bond donors (Lipinski definition) is 4. The van der Waals surface area contributed by atoms with Gasteiger partial charge in [0.25, 0.3) is 0 Å². The molecule has 1 unspecified atom stereocenters. The van der Waals surface area contributed by atoms with E-state index >= 15 is 0 Å². The fraction of sp³-hybridized carbons (Fsp3) is 0.706. The molecule has 20 heteroatoms. The highest BCUT2D eigenvalue weighted by Crippen LogP contribution is 2.21. The van der Waals surface area contributed by atoms with Crippen molar-refractivity contribution in [3.8, 4) is 0 Å². The smallest absolute Gasteiger partial charge is 0.248 e. The summed E-state index contributed by atoms with van der Waals surface area (Å²) in [4.78, 5) is 137. The molecular formula is C51H83N9O11. The van der Waals surface area contributed by atoms with Gasteiger partial charge in [0, 0.05) is 54.7 Å². The van der Waals surface area contributed by atoms with Crippen LogP contribution in [0.1, 0.15) is 106 Å². The highest BCUT2D eigenvalue weighted by Gasteiger charge is 2.42. The molecule has 2 aliphatic heterocycles. The number of benzene rings is 1. The lowest BCUT2D eigenvalue weighted by Gasteiger charge is -2.38. The van der Waals surface area contributed by atoms with Gasteiger partial charge in [0.05, 0.1) is 31.3 Å². The van der Waals surface area contributed by atoms with Crippen LogP contribution >= 0.6 is 0 Å². The molecule has 1 aromatic carbocycles. The van der Waals surface area contributed by atoms with Crippen LogP contribution in [0.5, 0.6) is 0 Å². The van der Waals surface area contributed by atoms with Gasteiger partial charge in [-0.1, -0.05) is 58.0 Å². The first-order valence-corrected chi connectivity index (χ1v) is 24.9. The van der Waals surface area contributed by atoms with E-state index in [9.17, 15) is 48.3 Å². The first-order valence-electron chi connectivity index (χ1n) is 24.9. The van der Waals surface area contributed by atoms with E-state index in [1.165, 1.54) is 68.7 Å². The predicted molar refractivity (Wildman–Crippen MR) is 267 cm³/mol. The lowest BCUT2D eigenvalue weighted by Crippen LogP contribution is -2.61. The third-order valence-electron chi connectivity index (χ3n) is 13.1. The number of nitrogens with zero attached hydrogens (tertiary/aromatic N) is 6. The number of carbonyl (C=O) groups is 9. The lowest BCUT2D eigenvalue weighted by atomic mass is 9.98. The topological polar surface area (TPSA) is 239 Å². The molecule has 4 N–H and O–H groups in total.